The van der Waals surface area contributed by atoms with Crippen LogP contribution in [-0.2, 0) is 4.79 Å². The highest BCUT2D eigenvalue weighted by atomic mass is 16.4. The van der Waals surface area contributed by atoms with Crippen molar-refractivity contribution >= 4 is 11.9 Å². The lowest BCUT2D eigenvalue weighted by Gasteiger charge is -2.33. The molecule has 5 rings (SSSR count). The molecule has 0 radical (unpaired) electrons. The number of rotatable bonds is 5. The van der Waals surface area contributed by atoms with Crippen LogP contribution >= 0.6 is 0 Å². The number of H-pyrrole nitrogens is 1. The van der Waals surface area contributed by atoms with Crippen LogP contribution in [0.3, 0.4) is 0 Å². The van der Waals surface area contributed by atoms with Crippen molar-refractivity contribution < 1.29 is 9.21 Å². The van der Waals surface area contributed by atoms with Gasteiger partial charge in [0, 0.05) is 18.8 Å². The average Bonchev–Trinajstić information content (AvgIpc) is 3.62. The summed E-state index contributed by atoms with van der Waals surface area (Å²) in [5.41, 5.74) is 1.61. The number of piperidine rings is 1. The molecule has 1 atom stereocenters. The lowest BCUT2D eigenvalue weighted by Crippen LogP contribution is -2.45. The van der Waals surface area contributed by atoms with E-state index in [-0.39, 0.29) is 23.4 Å². The predicted octanol–water partition coefficient (Wildman–Crippen LogP) is 2.51. The third-order valence-corrected chi connectivity index (χ3v) is 6.41. The molecule has 0 unspecified atom stereocenters. The number of hydrogen-bond donors (Lipinski definition) is 2. The fourth-order valence-electron chi connectivity index (χ4n) is 4.08. The van der Waals surface area contributed by atoms with Gasteiger partial charge in [0.2, 0.25) is 5.91 Å². The number of nitrogens with one attached hydrogen (secondary N) is 2. The molecule has 0 bridgehead atoms. The Bertz CT molecular complexity index is 947. The zero-order valence-electron chi connectivity index (χ0n) is 16.0. The van der Waals surface area contributed by atoms with E-state index in [2.05, 4.69) is 20.5 Å². The summed E-state index contributed by atoms with van der Waals surface area (Å²) >= 11 is 0. The van der Waals surface area contributed by atoms with E-state index in [9.17, 15) is 9.59 Å². The summed E-state index contributed by atoms with van der Waals surface area (Å²) in [6.45, 7) is 3.44. The van der Waals surface area contributed by atoms with E-state index in [1.165, 1.54) is 12.8 Å². The summed E-state index contributed by atoms with van der Waals surface area (Å²) in [4.78, 5) is 29.8. The third kappa shape index (κ3) is 3.31. The summed E-state index contributed by atoms with van der Waals surface area (Å²) in [5, 5.41) is 10.9. The molecule has 8 nitrogen and oxygen atoms in total. The number of aromatic nitrogens is 3. The van der Waals surface area contributed by atoms with Gasteiger partial charge in [-0.15, -0.1) is 5.10 Å². The van der Waals surface area contributed by atoms with Crippen molar-refractivity contribution in [3.63, 3.8) is 0 Å². The van der Waals surface area contributed by atoms with Crippen molar-refractivity contribution in [3.05, 3.63) is 28.2 Å². The number of pyridine rings is 1. The van der Waals surface area contributed by atoms with Crippen LogP contribution in [0.1, 0.15) is 57.1 Å². The second-order valence-electron chi connectivity index (χ2n) is 8.53. The Balaban J connectivity index is 1.23. The first-order valence-electron chi connectivity index (χ1n) is 10.2. The van der Waals surface area contributed by atoms with Crippen molar-refractivity contribution in [2.24, 2.45) is 5.41 Å². The fourth-order valence-corrected chi connectivity index (χ4v) is 4.08. The first-order valence-corrected chi connectivity index (χ1v) is 10.2. The average molecular weight is 383 g/mol. The third-order valence-electron chi connectivity index (χ3n) is 6.41. The molecule has 2 saturated carbocycles. The van der Waals surface area contributed by atoms with Gasteiger partial charge in [0.1, 0.15) is 11.6 Å². The van der Waals surface area contributed by atoms with E-state index >= 15 is 0 Å². The molecule has 148 valence electrons. The molecule has 3 heterocycles. The minimum atomic E-state index is -0.461. The summed E-state index contributed by atoms with van der Waals surface area (Å²) in [7, 11) is 0. The Labute approximate surface area is 162 Å². The van der Waals surface area contributed by atoms with Crippen LogP contribution in [0.15, 0.2) is 21.3 Å². The van der Waals surface area contributed by atoms with Crippen molar-refractivity contribution in [2.45, 2.75) is 57.4 Å². The van der Waals surface area contributed by atoms with Crippen molar-refractivity contribution in [2.75, 3.05) is 18.4 Å². The number of carbonyl (C=O) groups is 1. The van der Waals surface area contributed by atoms with Gasteiger partial charge < -0.3 is 19.6 Å². The van der Waals surface area contributed by atoms with E-state index in [0.717, 1.165) is 44.5 Å². The molecule has 28 heavy (non-hydrogen) atoms. The lowest BCUT2D eigenvalue weighted by atomic mass is 9.93. The minimum Gasteiger partial charge on any atom is -0.403 e. The minimum absolute atomic E-state index is 0.0434. The number of anilines is 1. The Hall–Kier alpha value is -2.64. The molecule has 8 heteroatoms. The van der Waals surface area contributed by atoms with Crippen LogP contribution < -0.4 is 10.9 Å². The predicted molar refractivity (Wildman–Crippen MR) is 103 cm³/mol. The van der Waals surface area contributed by atoms with Gasteiger partial charge in [-0.25, -0.2) is 0 Å². The molecule has 1 amide bonds. The van der Waals surface area contributed by atoms with Crippen molar-refractivity contribution in [1.29, 1.82) is 0 Å². The number of aromatic amines is 1. The maximum Gasteiger partial charge on any atom is 0.316 e. The monoisotopic (exact) mass is 383 g/mol. The van der Waals surface area contributed by atoms with Gasteiger partial charge in [-0.05, 0) is 68.9 Å². The largest absolute Gasteiger partial charge is 0.403 e. The maximum absolute atomic E-state index is 12.7. The van der Waals surface area contributed by atoms with Crippen LogP contribution in [0.2, 0.25) is 0 Å². The Morgan fingerprint density at radius 2 is 2.00 bits per heavy atom. The number of nitrogens with zero attached hydrogens (tertiary/aromatic N) is 3. The summed E-state index contributed by atoms with van der Waals surface area (Å²) < 4.78 is 5.59. The fraction of sp³-hybridized carbons (Fsp3) is 0.600. The topological polar surface area (TPSA) is 104 Å². The zero-order valence-corrected chi connectivity index (χ0v) is 16.0. The molecule has 2 aromatic heterocycles. The van der Waals surface area contributed by atoms with Gasteiger partial charge in [-0.2, -0.15) is 0 Å². The molecule has 0 aromatic carbocycles. The lowest BCUT2D eigenvalue weighted by molar-refractivity contribution is -0.133. The zero-order chi connectivity index (χ0) is 19.3. The normalized spacial score (nSPS) is 21.5. The summed E-state index contributed by atoms with van der Waals surface area (Å²) in [6.07, 6.45) is 7.08. The molecule has 3 aliphatic rings. The van der Waals surface area contributed by atoms with Crippen LogP contribution in [0, 0.1) is 5.41 Å². The first-order chi connectivity index (χ1) is 13.5. The van der Waals surface area contributed by atoms with Crippen LogP contribution in [0.4, 0.5) is 6.01 Å². The van der Waals surface area contributed by atoms with Crippen LogP contribution in [0.25, 0.3) is 11.5 Å². The quantitative estimate of drug-likeness (QED) is 0.822. The van der Waals surface area contributed by atoms with Crippen LogP contribution in [-0.4, -0.2) is 45.1 Å². The molecule has 1 spiro atoms. The highest BCUT2D eigenvalue weighted by molar-refractivity contribution is 5.83. The first kappa shape index (κ1) is 17.5. The molecule has 1 aliphatic heterocycles. The molecule has 1 saturated heterocycles. The summed E-state index contributed by atoms with van der Waals surface area (Å²) in [6, 6.07) is 3.31. The van der Waals surface area contributed by atoms with E-state index in [1.54, 1.807) is 13.0 Å². The van der Waals surface area contributed by atoms with Gasteiger partial charge in [0.15, 0.2) is 0 Å². The van der Waals surface area contributed by atoms with E-state index in [0.29, 0.717) is 16.9 Å². The number of hydrogen-bond acceptors (Lipinski definition) is 6. The van der Waals surface area contributed by atoms with Gasteiger partial charge in [-0.1, -0.05) is 5.10 Å². The highest BCUT2D eigenvalue weighted by Gasteiger charge is 2.45. The second-order valence-corrected chi connectivity index (χ2v) is 8.53. The van der Waals surface area contributed by atoms with E-state index in [4.69, 9.17) is 4.42 Å². The van der Waals surface area contributed by atoms with E-state index in [1.807, 2.05) is 11.0 Å². The molecule has 2 aromatic rings. The van der Waals surface area contributed by atoms with Crippen LogP contribution in [0.5, 0.6) is 0 Å². The number of amides is 1. The number of carbonyl (C=O) groups excluding carboxylic acids is 1. The Morgan fingerprint density at radius 3 is 2.64 bits per heavy atom. The molecule has 3 fully saturated rings. The standard InChI is InChI=1S/C20H25N5O3/c1-12(18(27)25-10-8-20(6-7-20)9-11-25)21-19-24-23-17(28-19)14-4-5-15(13-2-3-13)22-16(14)26/h4-5,12-13H,2-3,6-11H2,1H3,(H,21,24)(H,22,26)/t12-/m1/s1. The second kappa shape index (κ2) is 6.46. The highest BCUT2D eigenvalue weighted by Crippen LogP contribution is 2.53. The van der Waals surface area contributed by atoms with Gasteiger partial charge in [0.05, 0.1) is 0 Å². The maximum atomic E-state index is 12.7. The van der Waals surface area contributed by atoms with Gasteiger partial charge in [0.25, 0.3) is 11.4 Å². The Morgan fingerprint density at radius 1 is 1.25 bits per heavy atom. The van der Waals surface area contributed by atoms with E-state index < -0.39 is 6.04 Å². The molecular formula is C20H25N5O3. The Kier molecular flexibility index (Phi) is 4.03. The SMILES string of the molecule is C[C@@H](Nc1nnc(-c2ccc(C3CC3)[nH]c2=O)o1)C(=O)N1CCC2(CC1)CC2. The number of likely N-dealkylation sites (tertiary alicyclic amines) is 1. The smallest absolute Gasteiger partial charge is 0.316 e. The van der Waals surface area contributed by atoms with Crippen molar-refractivity contribution in [1.82, 2.24) is 20.1 Å². The molecule has 2 aliphatic carbocycles. The molecular weight excluding hydrogens is 358 g/mol. The summed E-state index contributed by atoms with van der Waals surface area (Å²) in [5.74, 6) is 0.666. The van der Waals surface area contributed by atoms with Crippen molar-refractivity contribution in [3.8, 4) is 11.5 Å². The van der Waals surface area contributed by atoms with Gasteiger partial charge >= 0.3 is 6.01 Å². The van der Waals surface area contributed by atoms with Gasteiger partial charge in [-0.3, -0.25) is 9.59 Å². The molecule has 2 N–H and O–H groups in total.